The highest BCUT2D eigenvalue weighted by Gasteiger charge is 2.17. The van der Waals surface area contributed by atoms with Gasteiger partial charge in [0, 0.05) is 6.42 Å². The molecule has 0 aliphatic carbocycles. The molecule has 1 heterocycles. The van der Waals surface area contributed by atoms with Crippen LogP contribution in [0.1, 0.15) is 44.5 Å². The minimum atomic E-state index is -0.158. The molecule has 0 radical (unpaired) electrons. The lowest BCUT2D eigenvalue weighted by molar-refractivity contribution is -0.122. The monoisotopic (exact) mass is 262 g/mol. The average molecular weight is 263 g/mol. The first-order chi connectivity index (χ1) is 7.77. The number of nitrogens with two attached hydrogens (primary N) is 1. The Labute approximate surface area is 106 Å². The van der Waals surface area contributed by atoms with E-state index in [0.29, 0.717) is 25.2 Å². The minimum absolute atomic E-state index is 0. The van der Waals surface area contributed by atoms with E-state index in [1.165, 1.54) is 0 Å². The number of rotatable bonds is 7. The molecule has 1 rings (SSSR count). The van der Waals surface area contributed by atoms with Gasteiger partial charge in [0.2, 0.25) is 5.91 Å². The number of halogens is 1. The first kappa shape index (κ1) is 15.8. The van der Waals surface area contributed by atoms with Crippen LogP contribution in [-0.2, 0) is 4.79 Å². The Kier molecular flexibility index (Phi) is 8.25. The summed E-state index contributed by atoms with van der Waals surface area (Å²) in [6.07, 6.45) is 2.87. The summed E-state index contributed by atoms with van der Waals surface area (Å²) in [6.45, 7) is 2.56. The van der Waals surface area contributed by atoms with E-state index in [9.17, 15) is 4.79 Å². The van der Waals surface area contributed by atoms with Gasteiger partial charge in [-0.1, -0.05) is 18.6 Å². The van der Waals surface area contributed by atoms with Crippen molar-refractivity contribution in [2.45, 2.75) is 38.6 Å². The van der Waals surface area contributed by atoms with E-state index in [1.807, 2.05) is 6.92 Å². The quantitative estimate of drug-likeness (QED) is 0.655. The summed E-state index contributed by atoms with van der Waals surface area (Å²) in [5, 5.41) is 16.5. The van der Waals surface area contributed by atoms with Crippen LogP contribution in [0.25, 0.3) is 0 Å². The van der Waals surface area contributed by atoms with Gasteiger partial charge in [0.15, 0.2) is 5.82 Å². The van der Waals surface area contributed by atoms with Crippen LogP contribution in [0.15, 0.2) is 0 Å². The second kappa shape index (κ2) is 8.89. The summed E-state index contributed by atoms with van der Waals surface area (Å²) in [6, 6.07) is -0.158. The molecule has 0 saturated heterocycles. The molecule has 8 heteroatoms. The molecule has 0 aliphatic rings. The summed E-state index contributed by atoms with van der Waals surface area (Å²) in [5.41, 5.74) is 5.34. The van der Waals surface area contributed by atoms with Crippen molar-refractivity contribution in [1.29, 1.82) is 0 Å². The molecule has 0 fully saturated rings. The molecule has 0 spiro atoms. The van der Waals surface area contributed by atoms with Gasteiger partial charge in [-0.2, -0.15) is 5.21 Å². The fraction of sp³-hybridized carbons (Fsp3) is 0.778. The lowest BCUT2D eigenvalue weighted by Gasteiger charge is -2.13. The van der Waals surface area contributed by atoms with Crippen LogP contribution < -0.4 is 11.1 Å². The van der Waals surface area contributed by atoms with E-state index in [1.54, 1.807) is 0 Å². The highest BCUT2D eigenvalue weighted by atomic mass is 35.5. The van der Waals surface area contributed by atoms with E-state index >= 15 is 0 Å². The molecule has 17 heavy (non-hydrogen) atoms. The fourth-order valence-corrected chi connectivity index (χ4v) is 1.40. The molecule has 0 bridgehead atoms. The Morgan fingerprint density at radius 1 is 1.59 bits per heavy atom. The van der Waals surface area contributed by atoms with Crippen molar-refractivity contribution < 1.29 is 4.79 Å². The smallest absolute Gasteiger partial charge is 0.220 e. The summed E-state index contributed by atoms with van der Waals surface area (Å²) in [5.74, 6) is 0.511. The number of aromatic nitrogens is 4. The molecular weight excluding hydrogens is 244 g/mol. The number of nitrogens with zero attached hydrogens (tertiary/aromatic N) is 3. The normalized spacial score (nSPS) is 11.6. The van der Waals surface area contributed by atoms with Crippen molar-refractivity contribution in [3.63, 3.8) is 0 Å². The summed E-state index contributed by atoms with van der Waals surface area (Å²) >= 11 is 0. The van der Waals surface area contributed by atoms with Gasteiger partial charge in [0.05, 0.1) is 6.04 Å². The van der Waals surface area contributed by atoms with Crippen LogP contribution in [0.3, 0.4) is 0 Å². The lowest BCUT2D eigenvalue weighted by Crippen LogP contribution is -2.29. The zero-order valence-electron chi connectivity index (χ0n) is 9.85. The number of hydrogen-bond acceptors (Lipinski definition) is 5. The van der Waals surface area contributed by atoms with Crippen LogP contribution in [0.2, 0.25) is 0 Å². The maximum Gasteiger partial charge on any atom is 0.220 e. The number of hydrogen-bond donors (Lipinski definition) is 3. The molecule has 1 unspecified atom stereocenters. The predicted octanol–water partition coefficient (Wildman–Crippen LogP) is 0.318. The van der Waals surface area contributed by atoms with Crippen LogP contribution >= 0.6 is 12.4 Å². The SMILES string of the molecule is CCCC(NC(=O)CCCN)c1nn[nH]n1.Cl. The zero-order valence-corrected chi connectivity index (χ0v) is 10.7. The third-order valence-corrected chi connectivity index (χ3v) is 2.19. The van der Waals surface area contributed by atoms with Gasteiger partial charge in [-0.05, 0) is 19.4 Å². The maximum absolute atomic E-state index is 11.5. The van der Waals surface area contributed by atoms with E-state index in [0.717, 1.165) is 12.8 Å². The Morgan fingerprint density at radius 3 is 2.88 bits per heavy atom. The molecule has 0 aromatic carbocycles. The topological polar surface area (TPSA) is 110 Å². The molecule has 0 aliphatic heterocycles. The van der Waals surface area contributed by atoms with Crippen LogP contribution in [-0.4, -0.2) is 33.1 Å². The summed E-state index contributed by atoms with van der Waals surface area (Å²) in [7, 11) is 0. The Morgan fingerprint density at radius 2 is 2.35 bits per heavy atom. The maximum atomic E-state index is 11.5. The Balaban J connectivity index is 0.00000256. The van der Waals surface area contributed by atoms with Crippen molar-refractivity contribution in [2.24, 2.45) is 5.73 Å². The van der Waals surface area contributed by atoms with Gasteiger partial charge in [0.25, 0.3) is 0 Å². The summed E-state index contributed by atoms with van der Waals surface area (Å²) < 4.78 is 0. The van der Waals surface area contributed by atoms with Crippen LogP contribution in [0.5, 0.6) is 0 Å². The van der Waals surface area contributed by atoms with E-state index in [4.69, 9.17) is 5.73 Å². The first-order valence-corrected chi connectivity index (χ1v) is 5.50. The minimum Gasteiger partial charge on any atom is -0.346 e. The highest BCUT2D eigenvalue weighted by Crippen LogP contribution is 2.13. The summed E-state index contributed by atoms with van der Waals surface area (Å²) in [4.78, 5) is 11.5. The van der Waals surface area contributed by atoms with E-state index in [2.05, 4.69) is 25.9 Å². The van der Waals surface area contributed by atoms with Crippen molar-refractivity contribution >= 4 is 18.3 Å². The fourth-order valence-electron chi connectivity index (χ4n) is 1.40. The van der Waals surface area contributed by atoms with Gasteiger partial charge < -0.3 is 11.1 Å². The molecule has 7 nitrogen and oxygen atoms in total. The third-order valence-electron chi connectivity index (χ3n) is 2.19. The lowest BCUT2D eigenvalue weighted by atomic mass is 10.1. The number of H-pyrrole nitrogens is 1. The largest absolute Gasteiger partial charge is 0.346 e. The number of aromatic amines is 1. The van der Waals surface area contributed by atoms with Crippen molar-refractivity contribution in [2.75, 3.05) is 6.54 Å². The molecule has 1 aromatic rings. The Hall–Kier alpha value is -1.21. The number of tetrazole rings is 1. The van der Waals surface area contributed by atoms with Crippen molar-refractivity contribution in [3.8, 4) is 0 Å². The van der Waals surface area contributed by atoms with Crippen LogP contribution in [0, 0.1) is 0 Å². The molecule has 1 atom stereocenters. The first-order valence-electron chi connectivity index (χ1n) is 5.50. The van der Waals surface area contributed by atoms with E-state index < -0.39 is 0 Å². The number of carbonyl (C=O) groups is 1. The second-order valence-corrected chi connectivity index (χ2v) is 3.57. The van der Waals surface area contributed by atoms with Gasteiger partial charge >= 0.3 is 0 Å². The van der Waals surface area contributed by atoms with Gasteiger partial charge in [-0.3, -0.25) is 4.79 Å². The second-order valence-electron chi connectivity index (χ2n) is 3.57. The molecule has 98 valence electrons. The molecule has 1 aromatic heterocycles. The standard InChI is InChI=1S/C9H18N6O.ClH/c1-2-4-7(9-12-14-15-13-9)11-8(16)5-3-6-10;/h7H,2-6,10H2,1H3,(H,11,16)(H,12,13,14,15);1H. The van der Waals surface area contributed by atoms with Gasteiger partial charge in [0.1, 0.15) is 0 Å². The third kappa shape index (κ3) is 5.60. The zero-order chi connectivity index (χ0) is 11.8. The highest BCUT2D eigenvalue weighted by molar-refractivity contribution is 5.85. The number of carbonyl (C=O) groups excluding carboxylic acids is 1. The molecule has 4 N–H and O–H groups in total. The molecular formula is C9H19ClN6O. The Bertz CT molecular complexity index is 304. The van der Waals surface area contributed by atoms with Crippen molar-refractivity contribution in [1.82, 2.24) is 25.9 Å². The van der Waals surface area contributed by atoms with Crippen LogP contribution in [0.4, 0.5) is 0 Å². The number of nitrogens with one attached hydrogen (secondary N) is 2. The number of amides is 1. The molecule has 1 amide bonds. The predicted molar refractivity (Wildman–Crippen MR) is 65.5 cm³/mol. The van der Waals surface area contributed by atoms with Crippen molar-refractivity contribution in [3.05, 3.63) is 5.82 Å². The van der Waals surface area contributed by atoms with Gasteiger partial charge in [-0.25, -0.2) is 0 Å². The average Bonchev–Trinajstić information content (AvgIpc) is 2.79. The van der Waals surface area contributed by atoms with Gasteiger partial charge in [-0.15, -0.1) is 22.6 Å². The van der Waals surface area contributed by atoms with E-state index in [-0.39, 0.29) is 24.4 Å². The molecule has 0 saturated carbocycles.